The normalized spacial score (nSPS) is 16.9. The average molecular weight is 182 g/mol. The lowest BCUT2D eigenvalue weighted by Gasteiger charge is -2.24. The van der Waals surface area contributed by atoms with Gasteiger partial charge >= 0.3 is 5.97 Å². The minimum atomic E-state index is -1.07. The van der Waals surface area contributed by atoms with Gasteiger partial charge in [-0.1, -0.05) is 11.6 Å². The molecule has 0 aliphatic heterocycles. The first kappa shape index (κ1) is 8.10. The number of rotatable bonds is 2. The fourth-order valence-corrected chi connectivity index (χ4v) is 1.56. The third-order valence-corrected chi connectivity index (χ3v) is 2.47. The Bertz CT molecular complexity index is 341. The molecule has 1 aromatic heterocycles. The molecule has 70 valence electrons. The number of nitrogen functional groups attached to an aromatic ring is 1. The third-order valence-electron chi connectivity index (χ3n) is 2.47. The number of carboxylic acids is 1. The van der Waals surface area contributed by atoms with Gasteiger partial charge in [0.1, 0.15) is 0 Å². The Morgan fingerprint density at radius 2 is 2.31 bits per heavy atom. The summed E-state index contributed by atoms with van der Waals surface area (Å²) in [6.45, 7) is 0. The van der Waals surface area contributed by atoms with E-state index in [9.17, 15) is 4.79 Å². The van der Waals surface area contributed by atoms with Crippen molar-refractivity contribution in [2.45, 2.75) is 25.2 Å². The van der Waals surface area contributed by atoms with Crippen molar-refractivity contribution in [2.75, 3.05) is 5.73 Å². The van der Waals surface area contributed by atoms with Gasteiger partial charge in [0.05, 0.1) is 5.56 Å². The van der Waals surface area contributed by atoms with Crippen LogP contribution in [-0.4, -0.2) is 16.2 Å². The van der Waals surface area contributed by atoms with Crippen molar-refractivity contribution in [2.24, 2.45) is 0 Å². The highest BCUT2D eigenvalue weighted by molar-refractivity contribution is 5.88. The maximum absolute atomic E-state index is 10.7. The Morgan fingerprint density at radius 1 is 1.62 bits per heavy atom. The van der Waals surface area contributed by atoms with Crippen LogP contribution in [0.1, 0.15) is 41.2 Å². The molecule has 0 radical (unpaired) electrons. The summed E-state index contributed by atoms with van der Waals surface area (Å²) in [6.07, 6.45) is 3.08. The summed E-state index contributed by atoms with van der Waals surface area (Å²) in [7, 11) is 0. The van der Waals surface area contributed by atoms with Crippen LogP contribution in [-0.2, 0) is 0 Å². The monoisotopic (exact) mass is 182 g/mol. The summed E-state index contributed by atoms with van der Waals surface area (Å²) in [5.41, 5.74) is 6.05. The smallest absolute Gasteiger partial charge is 0.358 e. The minimum absolute atomic E-state index is 0.0257. The molecule has 1 heterocycles. The van der Waals surface area contributed by atoms with E-state index < -0.39 is 5.97 Å². The summed E-state index contributed by atoms with van der Waals surface area (Å²) in [6, 6.07) is 0. The van der Waals surface area contributed by atoms with E-state index in [1.54, 1.807) is 0 Å². The number of hydrogen-bond acceptors (Lipinski definition) is 4. The largest absolute Gasteiger partial charge is 0.476 e. The van der Waals surface area contributed by atoms with Gasteiger partial charge in [-0.2, -0.15) is 0 Å². The fourth-order valence-electron chi connectivity index (χ4n) is 1.56. The van der Waals surface area contributed by atoms with E-state index in [1.807, 2.05) is 0 Å². The minimum Gasteiger partial charge on any atom is -0.476 e. The topological polar surface area (TPSA) is 89.4 Å². The number of carboxylic acid groups (broad SMARTS) is 1. The molecule has 0 bridgehead atoms. The molecular weight excluding hydrogens is 172 g/mol. The number of nitrogens with two attached hydrogens (primary N) is 1. The number of aromatic carboxylic acids is 1. The van der Waals surface area contributed by atoms with Crippen molar-refractivity contribution in [1.29, 1.82) is 0 Å². The molecule has 5 nitrogen and oxygen atoms in total. The molecule has 0 atom stereocenters. The van der Waals surface area contributed by atoms with Crippen LogP contribution >= 0.6 is 0 Å². The third kappa shape index (κ3) is 1.16. The summed E-state index contributed by atoms with van der Waals surface area (Å²) >= 11 is 0. The van der Waals surface area contributed by atoms with Gasteiger partial charge in [-0.25, -0.2) is 4.79 Å². The van der Waals surface area contributed by atoms with Crippen LogP contribution in [0.3, 0.4) is 0 Å². The van der Waals surface area contributed by atoms with Gasteiger partial charge in [-0.05, 0) is 18.8 Å². The zero-order valence-electron chi connectivity index (χ0n) is 6.99. The summed E-state index contributed by atoms with van der Waals surface area (Å²) in [5.74, 6) is -0.679. The zero-order valence-corrected chi connectivity index (χ0v) is 6.99. The Kier molecular flexibility index (Phi) is 1.72. The molecule has 5 heteroatoms. The van der Waals surface area contributed by atoms with Gasteiger partial charge in [0.25, 0.3) is 0 Å². The zero-order chi connectivity index (χ0) is 9.42. The average Bonchev–Trinajstić information content (AvgIpc) is 2.30. The molecule has 0 spiro atoms. The molecular formula is C8H10N2O3. The molecule has 0 saturated heterocycles. The van der Waals surface area contributed by atoms with Crippen LogP contribution in [0.5, 0.6) is 0 Å². The molecule has 1 aromatic rings. The molecule has 0 aromatic carbocycles. The molecule has 2 rings (SSSR count). The van der Waals surface area contributed by atoms with Crippen molar-refractivity contribution < 1.29 is 14.4 Å². The van der Waals surface area contributed by atoms with Crippen LogP contribution in [0.25, 0.3) is 0 Å². The molecule has 13 heavy (non-hydrogen) atoms. The summed E-state index contributed by atoms with van der Waals surface area (Å²) < 4.78 is 4.66. The van der Waals surface area contributed by atoms with E-state index in [0.29, 0.717) is 5.56 Å². The van der Waals surface area contributed by atoms with Crippen LogP contribution in [0.4, 0.5) is 5.88 Å². The first-order valence-electron chi connectivity index (χ1n) is 4.18. The Morgan fingerprint density at radius 3 is 2.77 bits per heavy atom. The van der Waals surface area contributed by atoms with E-state index >= 15 is 0 Å². The van der Waals surface area contributed by atoms with Gasteiger partial charge in [0, 0.05) is 0 Å². The number of nitrogens with zero attached hydrogens (tertiary/aromatic N) is 1. The molecule has 0 unspecified atom stereocenters. The van der Waals surface area contributed by atoms with Crippen molar-refractivity contribution in [3.05, 3.63) is 11.3 Å². The van der Waals surface area contributed by atoms with Crippen LogP contribution in [0.15, 0.2) is 4.52 Å². The second-order valence-corrected chi connectivity index (χ2v) is 3.24. The van der Waals surface area contributed by atoms with Gasteiger partial charge < -0.3 is 15.4 Å². The highest BCUT2D eigenvalue weighted by Gasteiger charge is 2.30. The Hall–Kier alpha value is -1.52. The quantitative estimate of drug-likeness (QED) is 0.717. The van der Waals surface area contributed by atoms with Crippen molar-refractivity contribution in [3.8, 4) is 0 Å². The number of hydrogen-bond donors (Lipinski definition) is 2. The lowest BCUT2D eigenvalue weighted by atomic mass is 9.80. The summed E-state index contributed by atoms with van der Waals surface area (Å²) in [4.78, 5) is 10.7. The van der Waals surface area contributed by atoms with Gasteiger partial charge in [-0.3, -0.25) is 0 Å². The van der Waals surface area contributed by atoms with Gasteiger partial charge in [0.15, 0.2) is 5.69 Å². The number of aromatic nitrogens is 1. The van der Waals surface area contributed by atoms with E-state index in [2.05, 4.69) is 9.68 Å². The SMILES string of the molecule is Nc1onc(C(=O)O)c1C1CCC1. The highest BCUT2D eigenvalue weighted by Crippen LogP contribution is 2.40. The maximum atomic E-state index is 10.7. The van der Waals surface area contributed by atoms with Crippen molar-refractivity contribution in [1.82, 2.24) is 5.16 Å². The Balaban J connectivity index is 2.39. The van der Waals surface area contributed by atoms with Crippen molar-refractivity contribution in [3.63, 3.8) is 0 Å². The number of carbonyl (C=O) groups is 1. The van der Waals surface area contributed by atoms with Crippen LogP contribution < -0.4 is 5.73 Å². The molecule has 1 saturated carbocycles. The lowest BCUT2D eigenvalue weighted by molar-refractivity contribution is 0.0683. The Labute approximate surface area is 74.5 Å². The molecule has 3 N–H and O–H groups in total. The molecule has 1 fully saturated rings. The maximum Gasteiger partial charge on any atom is 0.358 e. The van der Waals surface area contributed by atoms with E-state index in [1.165, 1.54) is 0 Å². The van der Waals surface area contributed by atoms with E-state index in [4.69, 9.17) is 10.8 Å². The van der Waals surface area contributed by atoms with Crippen molar-refractivity contribution >= 4 is 11.9 Å². The van der Waals surface area contributed by atoms with E-state index in [0.717, 1.165) is 19.3 Å². The molecule has 1 aliphatic rings. The van der Waals surface area contributed by atoms with E-state index in [-0.39, 0.29) is 17.5 Å². The first-order chi connectivity index (χ1) is 6.20. The lowest BCUT2D eigenvalue weighted by Crippen LogP contribution is -2.14. The summed E-state index contributed by atoms with van der Waals surface area (Å²) in [5, 5.41) is 12.2. The number of anilines is 1. The standard InChI is InChI=1S/C8H10N2O3/c9-7-5(4-2-1-3-4)6(8(11)12)10-13-7/h4H,1-3,9H2,(H,11,12). The van der Waals surface area contributed by atoms with Gasteiger partial charge in [0.2, 0.25) is 5.88 Å². The predicted octanol–water partition coefficient (Wildman–Crippen LogP) is 1.22. The first-order valence-corrected chi connectivity index (χ1v) is 4.18. The second-order valence-electron chi connectivity index (χ2n) is 3.24. The molecule has 0 amide bonds. The van der Waals surface area contributed by atoms with Gasteiger partial charge in [-0.15, -0.1) is 0 Å². The van der Waals surface area contributed by atoms with Crippen LogP contribution in [0.2, 0.25) is 0 Å². The fraction of sp³-hybridized carbons (Fsp3) is 0.500. The predicted molar refractivity (Wildman–Crippen MR) is 44.5 cm³/mol. The highest BCUT2D eigenvalue weighted by atomic mass is 16.5. The second kappa shape index (κ2) is 2.76. The van der Waals surface area contributed by atoms with Crippen LogP contribution in [0, 0.1) is 0 Å². The molecule has 1 aliphatic carbocycles.